The van der Waals surface area contributed by atoms with Crippen LogP contribution in [-0.2, 0) is 14.6 Å². The fraction of sp³-hybridized carbons (Fsp3) is 0.500. The Morgan fingerprint density at radius 2 is 1.90 bits per heavy atom. The summed E-state index contributed by atoms with van der Waals surface area (Å²) in [7, 11) is -3.20. The molecule has 6 nitrogen and oxygen atoms in total. The Balaban J connectivity index is 2.28. The molecular formula is C14H22N2O4S. The molecular weight excluding hydrogens is 292 g/mol. The summed E-state index contributed by atoms with van der Waals surface area (Å²) in [6.07, 6.45) is 3.17. The van der Waals surface area contributed by atoms with E-state index >= 15 is 0 Å². The smallest absolute Gasteiger partial charge is 0.223 e. The van der Waals surface area contributed by atoms with E-state index in [1.807, 2.05) is 0 Å². The van der Waals surface area contributed by atoms with Crippen molar-refractivity contribution in [3.63, 3.8) is 0 Å². The van der Waals surface area contributed by atoms with Crippen LogP contribution in [0.5, 0.6) is 5.75 Å². The fourth-order valence-corrected chi connectivity index (χ4v) is 2.26. The number of carbonyl (C=O) groups excluding carboxylic acids is 1. The molecule has 3 N–H and O–H groups in total. The molecule has 0 radical (unpaired) electrons. The van der Waals surface area contributed by atoms with Crippen LogP contribution in [-0.4, -0.2) is 40.3 Å². The molecule has 1 amide bonds. The molecule has 7 heteroatoms. The molecule has 0 saturated carbocycles. The lowest BCUT2D eigenvalue weighted by atomic mass is 10.3. The van der Waals surface area contributed by atoms with Crippen LogP contribution in [0.2, 0.25) is 0 Å². The first kappa shape index (κ1) is 17.5. The predicted molar refractivity (Wildman–Crippen MR) is 81.0 cm³/mol. The van der Waals surface area contributed by atoms with Gasteiger partial charge in [-0.25, -0.2) is 8.42 Å². The first-order valence-corrected chi connectivity index (χ1v) is 8.72. The van der Waals surface area contributed by atoms with Crippen LogP contribution in [0, 0.1) is 0 Å². The number of rotatable bonds is 9. The molecule has 21 heavy (non-hydrogen) atoms. The number of benzene rings is 1. The molecule has 0 bridgehead atoms. The van der Waals surface area contributed by atoms with E-state index in [-0.39, 0.29) is 23.8 Å². The molecule has 0 saturated heterocycles. The first-order chi connectivity index (χ1) is 9.93. The minimum absolute atomic E-state index is 0.0697. The highest BCUT2D eigenvalue weighted by Gasteiger charge is 2.07. The minimum Gasteiger partial charge on any atom is -0.493 e. The fourth-order valence-electron chi connectivity index (χ4n) is 1.63. The third-order valence-corrected chi connectivity index (χ3v) is 3.93. The number of amides is 1. The zero-order valence-electron chi connectivity index (χ0n) is 12.2. The zero-order valence-corrected chi connectivity index (χ0v) is 13.0. The van der Waals surface area contributed by atoms with Crippen molar-refractivity contribution in [1.29, 1.82) is 0 Å². The maximum atomic E-state index is 11.5. The summed E-state index contributed by atoms with van der Waals surface area (Å²) in [5, 5.41) is 2.78. The van der Waals surface area contributed by atoms with Crippen LogP contribution in [0.3, 0.4) is 0 Å². The van der Waals surface area contributed by atoms with Crippen molar-refractivity contribution in [3.8, 4) is 5.75 Å². The van der Waals surface area contributed by atoms with Crippen molar-refractivity contribution in [1.82, 2.24) is 5.32 Å². The number of sulfone groups is 1. The molecule has 0 spiro atoms. The molecule has 0 atom stereocenters. The number of unbranched alkanes of at least 4 members (excludes halogenated alkanes) is 1. The standard InChI is InChI=1S/C14H22N2O4S/c1-21(18,19)13-6-4-12(5-7-13)20-11-8-14(17)16-10-3-2-9-15/h4-7H,2-3,8-11,15H2,1H3,(H,16,17). The number of carbonyl (C=O) groups is 1. The molecule has 1 aromatic rings. The van der Waals surface area contributed by atoms with Crippen molar-refractivity contribution < 1.29 is 17.9 Å². The van der Waals surface area contributed by atoms with E-state index in [0.717, 1.165) is 19.1 Å². The van der Waals surface area contributed by atoms with Gasteiger partial charge in [0.15, 0.2) is 9.84 Å². The number of nitrogens with one attached hydrogen (secondary N) is 1. The Morgan fingerprint density at radius 3 is 2.48 bits per heavy atom. The number of nitrogens with two attached hydrogens (primary N) is 1. The Kier molecular flexibility index (Phi) is 7.18. The van der Waals surface area contributed by atoms with Gasteiger partial charge in [0.25, 0.3) is 0 Å². The zero-order chi connectivity index (χ0) is 15.7. The summed E-state index contributed by atoms with van der Waals surface area (Å²) >= 11 is 0. The predicted octanol–water partition coefficient (Wildman–Crippen LogP) is 0.714. The molecule has 0 aliphatic heterocycles. The van der Waals surface area contributed by atoms with Crippen LogP contribution in [0.1, 0.15) is 19.3 Å². The van der Waals surface area contributed by atoms with Gasteiger partial charge in [-0.05, 0) is 43.7 Å². The molecule has 1 rings (SSSR count). The maximum absolute atomic E-state index is 11.5. The van der Waals surface area contributed by atoms with Gasteiger partial charge in [-0.15, -0.1) is 0 Å². The highest BCUT2D eigenvalue weighted by Crippen LogP contribution is 2.15. The average Bonchev–Trinajstić information content (AvgIpc) is 2.43. The van der Waals surface area contributed by atoms with Crippen LogP contribution < -0.4 is 15.8 Å². The lowest BCUT2D eigenvalue weighted by Gasteiger charge is -2.07. The van der Waals surface area contributed by atoms with Crippen molar-refractivity contribution in [3.05, 3.63) is 24.3 Å². The highest BCUT2D eigenvalue weighted by atomic mass is 32.2. The molecule has 0 fully saturated rings. The first-order valence-electron chi connectivity index (χ1n) is 6.83. The molecule has 0 aliphatic rings. The van der Waals surface area contributed by atoms with Gasteiger partial charge in [0, 0.05) is 12.8 Å². The summed E-state index contributed by atoms with van der Waals surface area (Å²) in [6.45, 7) is 1.50. The third kappa shape index (κ3) is 7.10. The monoisotopic (exact) mass is 314 g/mol. The second-order valence-corrected chi connectivity index (χ2v) is 6.70. The number of hydrogen-bond donors (Lipinski definition) is 2. The van der Waals surface area contributed by atoms with Gasteiger partial charge in [0.2, 0.25) is 5.91 Å². The second kappa shape index (κ2) is 8.63. The quantitative estimate of drug-likeness (QED) is 0.654. The van der Waals surface area contributed by atoms with E-state index in [4.69, 9.17) is 10.5 Å². The van der Waals surface area contributed by atoms with Gasteiger partial charge < -0.3 is 15.8 Å². The summed E-state index contributed by atoms with van der Waals surface area (Å²) in [5.41, 5.74) is 5.36. The number of hydrogen-bond acceptors (Lipinski definition) is 5. The lowest BCUT2D eigenvalue weighted by Crippen LogP contribution is -2.26. The maximum Gasteiger partial charge on any atom is 0.223 e. The van der Waals surface area contributed by atoms with E-state index in [9.17, 15) is 13.2 Å². The van der Waals surface area contributed by atoms with Gasteiger partial charge >= 0.3 is 0 Å². The van der Waals surface area contributed by atoms with Gasteiger partial charge in [0.1, 0.15) is 5.75 Å². The van der Waals surface area contributed by atoms with Gasteiger partial charge in [-0.2, -0.15) is 0 Å². The van der Waals surface area contributed by atoms with Crippen molar-refractivity contribution in [2.24, 2.45) is 5.73 Å². The molecule has 0 unspecified atom stereocenters. The van der Waals surface area contributed by atoms with E-state index in [1.165, 1.54) is 12.1 Å². The van der Waals surface area contributed by atoms with Crippen molar-refractivity contribution in [2.75, 3.05) is 26.0 Å². The van der Waals surface area contributed by atoms with Crippen LogP contribution in [0.15, 0.2) is 29.2 Å². The van der Waals surface area contributed by atoms with E-state index < -0.39 is 9.84 Å². The lowest BCUT2D eigenvalue weighted by molar-refractivity contribution is -0.121. The normalized spacial score (nSPS) is 11.1. The van der Waals surface area contributed by atoms with E-state index in [0.29, 0.717) is 18.8 Å². The largest absolute Gasteiger partial charge is 0.493 e. The SMILES string of the molecule is CS(=O)(=O)c1ccc(OCCC(=O)NCCCCN)cc1. The summed E-state index contributed by atoms with van der Waals surface area (Å²) in [4.78, 5) is 11.7. The van der Waals surface area contributed by atoms with Crippen molar-refractivity contribution >= 4 is 15.7 Å². The molecule has 0 aromatic heterocycles. The average molecular weight is 314 g/mol. The molecule has 0 heterocycles. The third-order valence-electron chi connectivity index (χ3n) is 2.80. The van der Waals surface area contributed by atoms with Gasteiger partial charge in [-0.3, -0.25) is 4.79 Å². The number of ether oxygens (including phenoxy) is 1. The van der Waals surface area contributed by atoms with Gasteiger partial charge in [0.05, 0.1) is 17.9 Å². The Morgan fingerprint density at radius 1 is 1.24 bits per heavy atom. The second-order valence-electron chi connectivity index (χ2n) is 4.69. The topological polar surface area (TPSA) is 98.5 Å². The van der Waals surface area contributed by atoms with Crippen LogP contribution >= 0.6 is 0 Å². The minimum atomic E-state index is -3.20. The Labute approximate surface area is 125 Å². The molecule has 1 aromatic carbocycles. The van der Waals surface area contributed by atoms with E-state index in [1.54, 1.807) is 12.1 Å². The van der Waals surface area contributed by atoms with E-state index in [2.05, 4.69) is 5.32 Å². The molecule has 0 aliphatic carbocycles. The Bertz CT molecular complexity index is 541. The van der Waals surface area contributed by atoms with Gasteiger partial charge in [-0.1, -0.05) is 0 Å². The summed E-state index contributed by atoms with van der Waals surface area (Å²) in [6, 6.07) is 6.13. The van der Waals surface area contributed by atoms with Crippen LogP contribution in [0.4, 0.5) is 0 Å². The van der Waals surface area contributed by atoms with Crippen LogP contribution in [0.25, 0.3) is 0 Å². The van der Waals surface area contributed by atoms with Crippen molar-refractivity contribution in [2.45, 2.75) is 24.2 Å². The highest BCUT2D eigenvalue weighted by molar-refractivity contribution is 7.90. The summed E-state index contributed by atoms with van der Waals surface area (Å²) in [5.74, 6) is 0.470. The summed E-state index contributed by atoms with van der Waals surface area (Å²) < 4.78 is 28.0. The molecule has 118 valence electrons. The Hall–Kier alpha value is -1.60.